The molecular weight excluding hydrogens is 282 g/mol. The standard InChI is InChI=1S/C17H19NO4/c19-16(7-10-1-3-11(4-2-10)17(20)21)18-8-12-13(9-18)15-6-5-14(12)22-15/h1-4,12-15H,5-9H2,(H,20,21). The second kappa shape index (κ2) is 5.09. The number of ether oxygens (including phenoxy) is 1. The molecule has 5 nitrogen and oxygen atoms in total. The van der Waals surface area contributed by atoms with Crippen LogP contribution in [0.2, 0.25) is 0 Å². The molecule has 4 rings (SSSR count). The molecule has 3 heterocycles. The summed E-state index contributed by atoms with van der Waals surface area (Å²) in [5, 5.41) is 8.89. The van der Waals surface area contributed by atoms with Crippen molar-refractivity contribution in [3.63, 3.8) is 0 Å². The van der Waals surface area contributed by atoms with Gasteiger partial charge in [0.15, 0.2) is 0 Å². The summed E-state index contributed by atoms with van der Waals surface area (Å²) in [6.45, 7) is 1.63. The summed E-state index contributed by atoms with van der Waals surface area (Å²) >= 11 is 0. The molecule has 3 aliphatic rings. The van der Waals surface area contributed by atoms with E-state index in [0.29, 0.717) is 30.5 Å². The number of fused-ring (bicyclic) bond motifs is 5. The van der Waals surface area contributed by atoms with Gasteiger partial charge < -0.3 is 14.7 Å². The van der Waals surface area contributed by atoms with Crippen LogP contribution in [0.25, 0.3) is 0 Å². The normalized spacial score (nSPS) is 32.3. The average Bonchev–Trinajstić information content (AvgIpc) is 3.20. The maximum Gasteiger partial charge on any atom is 0.335 e. The molecule has 0 spiro atoms. The predicted octanol–water partition coefficient (Wildman–Crippen LogP) is 1.56. The lowest BCUT2D eigenvalue weighted by Gasteiger charge is -2.19. The fourth-order valence-corrected chi connectivity index (χ4v) is 4.22. The van der Waals surface area contributed by atoms with Crippen LogP contribution >= 0.6 is 0 Å². The molecule has 1 aromatic rings. The molecule has 0 aliphatic carbocycles. The molecule has 3 aliphatic heterocycles. The number of nitrogens with zero attached hydrogens (tertiary/aromatic N) is 1. The third-order valence-corrected chi connectivity index (χ3v) is 5.36. The van der Waals surface area contributed by atoms with Crippen LogP contribution in [0.5, 0.6) is 0 Å². The molecule has 1 amide bonds. The Balaban J connectivity index is 1.40. The van der Waals surface area contributed by atoms with Crippen LogP contribution in [-0.2, 0) is 16.0 Å². The number of carboxylic acid groups (broad SMARTS) is 1. The van der Waals surface area contributed by atoms with Gasteiger partial charge in [0.1, 0.15) is 0 Å². The van der Waals surface area contributed by atoms with Crippen molar-refractivity contribution in [1.82, 2.24) is 4.90 Å². The van der Waals surface area contributed by atoms with Crippen molar-refractivity contribution in [1.29, 1.82) is 0 Å². The summed E-state index contributed by atoms with van der Waals surface area (Å²) in [7, 11) is 0. The first-order valence-electron chi connectivity index (χ1n) is 7.87. The predicted molar refractivity (Wildman–Crippen MR) is 78.6 cm³/mol. The van der Waals surface area contributed by atoms with Gasteiger partial charge >= 0.3 is 5.97 Å². The van der Waals surface area contributed by atoms with Gasteiger partial charge in [-0.2, -0.15) is 0 Å². The number of benzene rings is 1. The molecule has 5 heteroatoms. The number of carbonyl (C=O) groups is 2. The molecule has 3 saturated heterocycles. The van der Waals surface area contributed by atoms with Gasteiger partial charge in [0, 0.05) is 24.9 Å². The molecule has 4 unspecified atom stereocenters. The minimum absolute atomic E-state index is 0.136. The monoisotopic (exact) mass is 301 g/mol. The van der Waals surface area contributed by atoms with E-state index in [1.165, 1.54) is 0 Å². The van der Waals surface area contributed by atoms with Crippen molar-refractivity contribution in [3.05, 3.63) is 35.4 Å². The zero-order chi connectivity index (χ0) is 15.3. The van der Waals surface area contributed by atoms with E-state index in [-0.39, 0.29) is 11.5 Å². The summed E-state index contributed by atoms with van der Waals surface area (Å²) in [5.74, 6) is 0.242. The molecule has 116 valence electrons. The minimum atomic E-state index is -0.944. The Kier molecular flexibility index (Phi) is 3.18. The Labute approximate surface area is 128 Å². The van der Waals surface area contributed by atoms with Crippen molar-refractivity contribution >= 4 is 11.9 Å². The fraction of sp³-hybridized carbons (Fsp3) is 0.529. The SMILES string of the molecule is O=C(O)c1ccc(CC(=O)N2CC3C4CCC(O4)C3C2)cc1. The maximum absolute atomic E-state index is 12.5. The molecule has 1 N–H and O–H groups in total. The van der Waals surface area contributed by atoms with E-state index in [2.05, 4.69) is 0 Å². The Morgan fingerprint density at radius 2 is 1.68 bits per heavy atom. The Bertz CT molecular complexity index is 594. The van der Waals surface area contributed by atoms with Gasteiger partial charge in [-0.15, -0.1) is 0 Å². The van der Waals surface area contributed by atoms with Crippen LogP contribution in [0.15, 0.2) is 24.3 Å². The van der Waals surface area contributed by atoms with Crippen LogP contribution in [0.4, 0.5) is 0 Å². The lowest BCUT2D eigenvalue weighted by molar-refractivity contribution is -0.130. The smallest absolute Gasteiger partial charge is 0.335 e. The number of rotatable bonds is 3. The Morgan fingerprint density at radius 3 is 2.23 bits per heavy atom. The highest BCUT2D eigenvalue weighted by molar-refractivity contribution is 5.87. The molecule has 4 atom stereocenters. The second-order valence-electron chi connectivity index (χ2n) is 6.60. The van der Waals surface area contributed by atoms with Crippen molar-refractivity contribution in [3.8, 4) is 0 Å². The van der Waals surface area contributed by atoms with Crippen LogP contribution in [-0.4, -0.2) is 47.2 Å². The van der Waals surface area contributed by atoms with Gasteiger partial charge in [-0.25, -0.2) is 4.79 Å². The summed E-state index contributed by atoms with van der Waals surface area (Å²) < 4.78 is 5.93. The highest BCUT2D eigenvalue weighted by Crippen LogP contribution is 2.47. The highest BCUT2D eigenvalue weighted by Gasteiger charge is 2.53. The van der Waals surface area contributed by atoms with E-state index in [0.717, 1.165) is 31.5 Å². The van der Waals surface area contributed by atoms with E-state index in [1.807, 2.05) is 4.90 Å². The number of carbonyl (C=O) groups excluding carboxylic acids is 1. The van der Waals surface area contributed by atoms with E-state index in [1.54, 1.807) is 24.3 Å². The first kappa shape index (κ1) is 13.8. The van der Waals surface area contributed by atoms with Gasteiger partial charge in [-0.05, 0) is 30.5 Å². The lowest BCUT2D eigenvalue weighted by atomic mass is 9.82. The molecule has 1 aromatic carbocycles. The zero-order valence-corrected chi connectivity index (χ0v) is 12.3. The minimum Gasteiger partial charge on any atom is -0.478 e. The highest BCUT2D eigenvalue weighted by atomic mass is 16.5. The third-order valence-electron chi connectivity index (χ3n) is 5.36. The van der Waals surface area contributed by atoms with Crippen molar-refractivity contribution in [2.45, 2.75) is 31.5 Å². The fourth-order valence-electron chi connectivity index (χ4n) is 4.22. The van der Waals surface area contributed by atoms with Crippen LogP contribution < -0.4 is 0 Å². The number of amides is 1. The number of carboxylic acids is 1. The number of hydrogen-bond donors (Lipinski definition) is 1. The quantitative estimate of drug-likeness (QED) is 0.920. The Hall–Kier alpha value is -1.88. The largest absolute Gasteiger partial charge is 0.478 e. The topological polar surface area (TPSA) is 66.8 Å². The van der Waals surface area contributed by atoms with Crippen LogP contribution in [0.1, 0.15) is 28.8 Å². The summed E-state index contributed by atoms with van der Waals surface area (Å²) in [5.41, 5.74) is 1.12. The number of likely N-dealkylation sites (tertiary alicyclic amines) is 1. The average molecular weight is 301 g/mol. The van der Waals surface area contributed by atoms with E-state index < -0.39 is 5.97 Å². The second-order valence-corrected chi connectivity index (χ2v) is 6.60. The van der Waals surface area contributed by atoms with Gasteiger partial charge in [0.25, 0.3) is 0 Å². The van der Waals surface area contributed by atoms with Gasteiger partial charge in [0.2, 0.25) is 5.91 Å². The zero-order valence-electron chi connectivity index (χ0n) is 12.3. The van der Waals surface area contributed by atoms with Gasteiger partial charge in [-0.3, -0.25) is 4.79 Å². The van der Waals surface area contributed by atoms with Gasteiger partial charge in [0.05, 0.1) is 24.2 Å². The molecule has 22 heavy (non-hydrogen) atoms. The van der Waals surface area contributed by atoms with E-state index in [4.69, 9.17) is 9.84 Å². The molecule has 0 radical (unpaired) electrons. The molecular formula is C17H19NO4. The molecule has 3 fully saturated rings. The molecule has 0 saturated carbocycles. The lowest BCUT2D eigenvalue weighted by Crippen LogP contribution is -2.32. The van der Waals surface area contributed by atoms with Gasteiger partial charge in [-0.1, -0.05) is 12.1 Å². The number of hydrogen-bond acceptors (Lipinski definition) is 3. The van der Waals surface area contributed by atoms with Crippen molar-refractivity contribution < 1.29 is 19.4 Å². The van der Waals surface area contributed by atoms with Crippen molar-refractivity contribution in [2.24, 2.45) is 11.8 Å². The summed E-state index contributed by atoms with van der Waals surface area (Å²) in [6.07, 6.45) is 3.36. The first-order chi connectivity index (χ1) is 10.6. The third kappa shape index (κ3) is 2.20. The van der Waals surface area contributed by atoms with E-state index >= 15 is 0 Å². The van der Waals surface area contributed by atoms with Crippen LogP contribution in [0, 0.1) is 11.8 Å². The van der Waals surface area contributed by atoms with Crippen LogP contribution in [0.3, 0.4) is 0 Å². The summed E-state index contributed by atoms with van der Waals surface area (Å²) in [4.78, 5) is 25.3. The molecule has 2 bridgehead atoms. The van der Waals surface area contributed by atoms with E-state index in [9.17, 15) is 9.59 Å². The summed E-state index contributed by atoms with van der Waals surface area (Å²) in [6, 6.07) is 6.56. The first-order valence-corrected chi connectivity index (χ1v) is 7.87. The van der Waals surface area contributed by atoms with Crippen molar-refractivity contribution in [2.75, 3.05) is 13.1 Å². The maximum atomic E-state index is 12.5. The number of aromatic carboxylic acids is 1. The Morgan fingerprint density at radius 1 is 1.09 bits per heavy atom. The molecule has 0 aromatic heterocycles.